The number of benzene rings is 1. The normalized spacial score (nSPS) is 18.0. The van der Waals surface area contributed by atoms with Crippen molar-refractivity contribution in [2.24, 2.45) is 0 Å². The van der Waals surface area contributed by atoms with Crippen LogP contribution in [0, 0.1) is 6.92 Å². The Morgan fingerprint density at radius 2 is 2.03 bits per heavy atom. The average Bonchev–Trinajstić information content (AvgIpc) is 3.30. The van der Waals surface area contributed by atoms with Crippen LogP contribution < -0.4 is 0 Å². The molecule has 3 heterocycles. The van der Waals surface area contributed by atoms with Crippen molar-refractivity contribution in [1.82, 2.24) is 9.47 Å². The molecule has 5 heteroatoms. The first kappa shape index (κ1) is 18.6. The van der Waals surface area contributed by atoms with Gasteiger partial charge in [-0.2, -0.15) is 0 Å². The van der Waals surface area contributed by atoms with E-state index in [4.69, 9.17) is 4.74 Å². The summed E-state index contributed by atoms with van der Waals surface area (Å²) in [4.78, 5) is 16.8. The second kappa shape index (κ2) is 7.47. The summed E-state index contributed by atoms with van der Waals surface area (Å²) in [7, 11) is 1.60. The van der Waals surface area contributed by atoms with Gasteiger partial charge >= 0.3 is 0 Å². The molecule has 0 spiro atoms. The lowest BCUT2D eigenvalue weighted by molar-refractivity contribution is -0.137. The summed E-state index contributed by atoms with van der Waals surface area (Å²) in [6.07, 6.45) is 6.95. The highest BCUT2D eigenvalue weighted by Gasteiger charge is 2.35. The standard InChI is InChI=1S/C24H26N2O2S/c1-16-7-5-8-17(13-16)23-20-10-6-12-25(20)24-19(14-26(23)22(27)15-28-2)18-9-3-4-11-21(18)29-24/h5-8,10,12-13,23H,3-4,9,11,14-15H2,1-2H3/t23-/m1/s1. The maximum atomic E-state index is 13.2. The molecule has 0 bridgehead atoms. The largest absolute Gasteiger partial charge is 0.375 e. The zero-order valence-corrected chi connectivity index (χ0v) is 17.8. The number of thiophene rings is 1. The van der Waals surface area contributed by atoms with Gasteiger partial charge in [0.05, 0.1) is 11.7 Å². The molecule has 1 atom stereocenters. The number of methoxy groups -OCH3 is 1. The molecular weight excluding hydrogens is 380 g/mol. The molecule has 0 radical (unpaired) electrons. The third-order valence-electron chi connectivity index (χ3n) is 6.12. The molecule has 2 aliphatic rings. The SMILES string of the molecule is COCC(=O)N1Cc2c(sc3c2CCCC3)-n2cccc2[C@H]1c1cccc(C)c1. The van der Waals surface area contributed by atoms with E-state index in [-0.39, 0.29) is 18.6 Å². The number of hydrogen-bond donors (Lipinski definition) is 0. The van der Waals surface area contributed by atoms with E-state index in [1.807, 2.05) is 16.2 Å². The quantitative estimate of drug-likeness (QED) is 0.626. The fourth-order valence-electron chi connectivity index (χ4n) is 4.83. The fourth-order valence-corrected chi connectivity index (χ4v) is 6.23. The molecule has 2 aromatic heterocycles. The minimum atomic E-state index is -0.119. The Balaban J connectivity index is 1.72. The maximum absolute atomic E-state index is 13.2. The first-order valence-corrected chi connectivity index (χ1v) is 11.1. The van der Waals surface area contributed by atoms with Crippen molar-refractivity contribution in [1.29, 1.82) is 0 Å². The van der Waals surface area contributed by atoms with Gasteiger partial charge in [0.2, 0.25) is 5.91 Å². The van der Waals surface area contributed by atoms with Crippen LogP contribution in [-0.2, 0) is 28.9 Å². The molecule has 0 fully saturated rings. The number of ether oxygens (including phenoxy) is 1. The van der Waals surface area contributed by atoms with E-state index in [1.165, 1.54) is 39.4 Å². The van der Waals surface area contributed by atoms with E-state index in [0.29, 0.717) is 6.54 Å². The van der Waals surface area contributed by atoms with Crippen LogP contribution in [-0.4, -0.2) is 29.1 Å². The molecule has 0 unspecified atom stereocenters. The lowest BCUT2D eigenvalue weighted by atomic mass is 9.95. The van der Waals surface area contributed by atoms with Crippen LogP contribution in [0.5, 0.6) is 0 Å². The van der Waals surface area contributed by atoms with Crippen LogP contribution in [0.1, 0.15) is 51.7 Å². The number of rotatable bonds is 3. The van der Waals surface area contributed by atoms with Crippen LogP contribution in [0.25, 0.3) is 5.00 Å². The molecule has 0 saturated heterocycles. The molecule has 0 N–H and O–H groups in total. The summed E-state index contributed by atoms with van der Waals surface area (Å²) < 4.78 is 7.59. The van der Waals surface area contributed by atoms with Crippen molar-refractivity contribution in [2.75, 3.05) is 13.7 Å². The van der Waals surface area contributed by atoms with Crippen LogP contribution in [0.2, 0.25) is 0 Å². The van der Waals surface area contributed by atoms with E-state index in [1.54, 1.807) is 7.11 Å². The lowest BCUT2D eigenvalue weighted by Gasteiger charge is -2.31. The fraction of sp³-hybridized carbons (Fsp3) is 0.375. The van der Waals surface area contributed by atoms with Crippen LogP contribution in [0.15, 0.2) is 42.6 Å². The van der Waals surface area contributed by atoms with Crippen LogP contribution in [0.4, 0.5) is 0 Å². The van der Waals surface area contributed by atoms with Gasteiger partial charge in [-0.15, -0.1) is 11.3 Å². The number of amides is 1. The third-order valence-corrected chi connectivity index (χ3v) is 7.46. The van der Waals surface area contributed by atoms with Crippen molar-refractivity contribution in [3.63, 3.8) is 0 Å². The Labute approximate surface area is 175 Å². The number of fused-ring (bicyclic) bond motifs is 5. The van der Waals surface area contributed by atoms with Crippen molar-refractivity contribution >= 4 is 17.2 Å². The zero-order chi connectivity index (χ0) is 20.0. The van der Waals surface area contributed by atoms with Crippen LogP contribution >= 0.6 is 11.3 Å². The van der Waals surface area contributed by atoms with Gasteiger partial charge in [0.15, 0.2) is 0 Å². The number of nitrogens with zero attached hydrogens (tertiary/aromatic N) is 2. The second-order valence-electron chi connectivity index (χ2n) is 8.07. The van der Waals surface area contributed by atoms with Gasteiger partial charge in [-0.05, 0) is 55.9 Å². The van der Waals surface area contributed by atoms with E-state index in [2.05, 4.69) is 54.1 Å². The highest BCUT2D eigenvalue weighted by molar-refractivity contribution is 7.15. The number of hydrogen-bond acceptors (Lipinski definition) is 3. The molecule has 3 aromatic rings. The molecule has 150 valence electrons. The molecule has 1 aliphatic carbocycles. The topological polar surface area (TPSA) is 34.5 Å². The first-order chi connectivity index (χ1) is 14.2. The van der Waals surface area contributed by atoms with Crippen LogP contribution in [0.3, 0.4) is 0 Å². The number of carbonyl (C=O) groups excluding carboxylic acids is 1. The molecule has 4 nitrogen and oxygen atoms in total. The summed E-state index contributed by atoms with van der Waals surface area (Å²) in [6.45, 7) is 2.85. The second-order valence-corrected chi connectivity index (χ2v) is 9.15. The summed E-state index contributed by atoms with van der Waals surface area (Å²) in [6, 6.07) is 12.7. The summed E-state index contributed by atoms with van der Waals surface area (Å²) in [5.74, 6) is 0.0374. The van der Waals surface area contributed by atoms with Crippen molar-refractivity contribution in [2.45, 2.75) is 45.2 Å². The Morgan fingerprint density at radius 3 is 2.86 bits per heavy atom. The van der Waals surface area contributed by atoms with Crippen molar-refractivity contribution < 1.29 is 9.53 Å². The Hall–Kier alpha value is -2.37. The monoisotopic (exact) mass is 406 g/mol. The van der Waals surface area contributed by atoms with Crippen molar-refractivity contribution in [3.05, 3.63) is 75.4 Å². The number of aryl methyl sites for hydroxylation is 2. The number of carbonyl (C=O) groups is 1. The van der Waals surface area contributed by atoms with Gasteiger partial charge in [0.25, 0.3) is 0 Å². The first-order valence-electron chi connectivity index (χ1n) is 10.3. The minimum absolute atomic E-state index is 0.0374. The molecule has 1 aliphatic heterocycles. The molecular formula is C24H26N2O2S. The van der Waals surface area contributed by atoms with E-state index in [9.17, 15) is 4.79 Å². The smallest absolute Gasteiger partial charge is 0.249 e. The van der Waals surface area contributed by atoms with Gasteiger partial charge in [-0.3, -0.25) is 4.79 Å². The van der Waals surface area contributed by atoms with E-state index >= 15 is 0 Å². The maximum Gasteiger partial charge on any atom is 0.249 e. The predicted octanol–water partition coefficient (Wildman–Crippen LogP) is 4.80. The van der Waals surface area contributed by atoms with Gasteiger partial charge in [0, 0.05) is 30.3 Å². The highest BCUT2D eigenvalue weighted by Crippen LogP contribution is 2.44. The molecule has 5 rings (SSSR count). The summed E-state index contributed by atoms with van der Waals surface area (Å²) >= 11 is 1.92. The van der Waals surface area contributed by atoms with E-state index in [0.717, 1.165) is 24.1 Å². The van der Waals surface area contributed by atoms with Gasteiger partial charge in [-0.1, -0.05) is 29.8 Å². The Kier molecular flexibility index (Phi) is 4.80. The third kappa shape index (κ3) is 3.13. The summed E-state index contributed by atoms with van der Waals surface area (Å²) in [5.41, 5.74) is 6.32. The van der Waals surface area contributed by atoms with Crippen molar-refractivity contribution in [3.8, 4) is 5.00 Å². The zero-order valence-electron chi connectivity index (χ0n) is 17.0. The summed E-state index contributed by atoms with van der Waals surface area (Å²) in [5, 5.41) is 1.29. The molecule has 29 heavy (non-hydrogen) atoms. The highest BCUT2D eigenvalue weighted by atomic mass is 32.1. The Bertz CT molecular complexity index is 1060. The van der Waals surface area contributed by atoms with Gasteiger partial charge in [0.1, 0.15) is 11.6 Å². The molecule has 0 saturated carbocycles. The minimum Gasteiger partial charge on any atom is -0.375 e. The molecule has 1 aromatic carbocycles. The predicted molar refractivity (Wildman–Crippen MR) is 116 cm³/mol. The average molecular weight is 407 g/mol. The van der Waals surface area contributed by atoms with Gasteiger partial charge < -0.3 is 14.2 Å². The Morgan fingerprint density at radius 1 is 1.17 bits per heavy atom. The van der Waals surface area contributed by atoms with E-state index < -0.39 is 0 Å². The number of aromatic nitrogens is 1. The lowest BCUT2D eigenvalue weighted by Crippen LogP contribution is -2.37. The molecule has 1 amide bonds. The van der Waals surface area contributed by atoms with Gasteiger partial charge in [-0.25, -0.2) is 0 Å².